The minimum atomic E-state index is -3.42. The standard InChI is InChI=1S/C16H21NO3S/c18-13-2-1-4-14-8-10-16(11-9-14)21(19,20)17-12-3-5-15-6-7-15/h8-11,15,17-18H,2-3,5-7,12-13H2. The maximum absolute atomic E-state index is 12.1. The third-order valence-electron chi connectivity index (χ3n) is 3.41. The lowest BCUT2D eigenvalue weighted by Crippen LogP contribution is -2.24. The van der Waals surface area contributed by atoms with Crippen molar-refractivity contribution < 1.29 is 13.5 Å². The Bertz CT molecular complexity index is 607. The molecule has 1 aromatic carbocycles. The zero-order valence-corrected chi connectivity index (χ0v) is 12.8. The van der Waals surface area contributed by atoms with Crippen molar-refractivity contribution in [3.05, 3.63) is 29.8 Å². The maximum atomic E-state index is 12.1. The van der Waals surface area contributed by atoms with Crippen LogP contribution in [0.1, 0.15) is 37.7 Å². The fourth-order valence-corrected chi connectivity index (χ4v) is 3.10. The fraction of sp³-hybridized carbons (Fsp3) is 0.500. The average molecular weight is 307 g/mol. The van der Waals surface area contributed by atoms with E-state index in [1.54, 1.807) is 24.3 Å². The van der Waals surface area contributed by atoms with Gasteiger partial charge in [-0.1, -0.05) is 24.7 Å². The van der Waals surface area contributed by atoms with E-state index in [4.69, 9.17) is 5.11 Å². The molecule has 2 rings (SSSR count). The molecule has 1 fully saturated rings. The molecule has 0 saturated heterocycles. The molecule has 1 aliphatic carbocycles. The van der Waals surface area contributed by atoms with Crippen LogP contribution in [0.15, 0.2) is 29.2 Å². The van der Waals surface area contributed by atoms with Crippen LogP contribution in [0.3, 0.4) is 0 Å². The molecule has 0 unspecified atom stereocenters. The minimum Gasteiger partial charge on any atom is -0.395 e. The Morgan fingerprint density at radius 2 is 1.95 bits per heavy atom. The van der Waals surface area contributed by atoms with Crippen molar-refractivity contribution in [2.75, 3.05) is 13.2 Å². The van der Waals surface area contributed by atoms with Crippen LogP contribution in [0.5, 0.6) is 0 Å². The number of hydrogen-bond donors (Lipinski definition) is 2. The lowest BCUT2D eigenvalue weighted by Gasteiger charge is -2.06. The minimum absolute atomic E-state index is 0.0320. The highest BCUT2D eigenvalue weighted by molar-refractivity contribution is 7.89. The Morgan fingerprint density at radius 1 is 1.24 bits per heavy atom. The first kappa shape index (κ1) is 16.0. The van der Waals surface area contributed by atoms with Gasteiger partial charge in [0.2, 0.25) is 10.0 Å². The van der Waals surface area contributed by atoms with Crippen LogP contribution >= 0.6 is 0 Å². The van der Waals surface area contributed by atoms with Crippen molar-refractivity contribution in [3.63, 3.8) is 0 Å². The first-order chi connectivity index (χ1) is 10.1. The summed E-state index contributed by atoms with van der Waals surface area (Å²) in [5.74, 6) is 6.50. The van der Waals surface area contributed by atoms with Crippen LogP contribution in [0.25, 0.3) is 0 Å². The van der Waals surface area contributed by atoms with Crippen molar-refractivity contribution in [1.82, 2.24) is 4.72 Å². The Kier molecular flexibility index (Phi) is 5.80. The van der Waals surface area contributed by atoms with Crippen molar-refractivity contribution in [2.24, 2.45) is 5.92 Å². The molecule has 1 saturated carbocycles. The zero-order valence-electron chi connectivity index (χ0n) is 12.0. The second-order valence-corrected chi connectivity index (χ2v) is 7.05. The number of rotatable bonds is 7. The Labute approximate surface area is 126 Å². The van der Waals surface area contributed by atoms with Gasteiger partial charge in [0.05, 0.1) is 11.5 Å². The molecule has 0 atom stereocenters. The molecule has 4 nitrogen and oxygen atoms in total. The highest BCUT2D eigenvalue weighted by Gasteiger charge is 2.20. The number of aliphatic hydroxyl groups is 1. The van der Waals surface area contributed by atoms with E-state index in [1.165, 1.54) is 12.8 Å². The van der Waals surface area contributed by atoms with Crippen molar-refractivity contribution >= 4 is 10.0 Å². The Balaban J connectivity index is 1.88. The molecule has 0 heterocycles. The summed E-state index contributed by atoms with van der Waals surface area (Å²) in [7, 11) is -3.42. The summed E-state index contributed by atoms with van der Waals surface area (Å²) in [6.45, 7) is 0.529. The molecule has 21 heavy (non-hydrogen) atoms. The number of sulfonamides is 1. The van der Waals surface area contributed by atoms with Gasteiger partial charge in [0.1, 0.15) is 0 Å². The van der Waals surface area contributed by atoms with Gasteiger partial charge in [0.25, 0.3) is 0 Å². The maximum Gasteiger partial charge on any atom is 0.240 e. The predicted octanol–water partition coefficient (Wildman–Crippen LogP) is 1.89. The molecule has 0 radical (unpaired) electrons. The van der Waals surface area contributed by atoms with Crippen LogP contribution in [-0.2, 0) is 10.0 Å². The van der Waals surface area contributed by atoms with Gasteiger partial charge in [-0.2, -0.15) is 0 Å². The van der Waals surface area contributed by atoms with Gasteiger partial charge >= 0.3 is 0 Å². The molecule has 1 aliphatic rings. The van der Waals surface area contributed by atoms with Gasteiger partial charge in [0, 0.05) is 18.5 Å². The van der Waals surface area contributed by atoms with E-state index in [0.717, 1.165) is 24.3 Å². The first-order valence-electron chi connectivity index (χ1n) is 7.31. The summed E-state index contributed by atoms with van der Waals surface area (Å²) in [5, 5.41) is 8.65. The van der Waals surface area contributed by atoms with E-state index >= 15 is 0 Å². The summed E-state index contributed by atoms with van der Waals surface area (Å²) >= 11 is 0. The second-order valence-electron chi connectivity index (χ2n) is 5.28. The highest BCUT2D eigenvalue weighted by Crippen LogP contribution is 2.33. The molecule has 0 amide bonds. The van der Waals surface area contributed by atoms with Gasteiger partial charge < -0.3 is 5.11 Å². The molecule has 0 aliphatic heterocycles. The summed E-state index contributed by atoms with van der Waals surface area (Å²) < 4.78 is 26.8. The molecular formula is C16H21NO3S. The van der Waals surface area contributed by atoms with Crippen LogP contribution < -0.4 is 4.72 Å². The lowest BCUT2D eigenvalue weighted by molar-refractivity contribution is 0.305. The Morgan fingerprint density at radius 3 is 2.57 bits per heavy atom. The van der Waals surface area contributed by atoms with Crippen LogP contribution in [0.2, 0.25) is 0 Å². The number of aliphatic hydroxyl groups excluding tert-OH is 1. The van der Waals surface area contributed by atoms with E-state index < -0.39 is 10.0 Å². The number of nitrogens with one attached hydrogen (secondary N) is 1. The predicted molar refractivity (Wildman–Crippen MR) is 82.2 cm³/mol. The van der Waals surface area contributed by atoms with E-state index in [1.807, 2.05) is 0 Å². The summed E-state index contributed by atoms with van der Waals surface area (Å²) in [4.78, 5) is 0.265. The topological polar surface area (TPSA) is 66.4 Å². The van der Waals surface area contributed by atoms with Crippen molar-refractivity contribution in [2.45, 2.75) is 37.0 Å². The normalized spacial score (nSPS) is 14.5. The largest absolute Gasteiger partial charge is 0.395 e. The smallest absolute Gasteiger partial charge is 0.240 e. The van der Waals surface area contributed by atoms with Gasteiger partial charge in [-0.25, -0.2) is 13.1 Å². The van der Waals surface area contributed by atoms with E-state index in [2.05, 4.69) is 16.6 Å². The third kappa shape index (κ3) is 5.50. The Hall–Kier alpha value is -1.35. The van der Waals surface area contributed by atoms with Crippen molar-refractivity contribution in [3.8, 4) is 11.8 Å². The first-order valence-corrected chi connectivity index (χ1v) is 8.79. The van der Waals surface area contributed by atoms with Gasteiger partial charge in [-0.05, 0) is 43.0 Å². The van der Waals surface area contributed by atoms with E-state index in [0.29, 0.717) is 13.0 Å². The number of benzene rings is 1. The zero-order chi connectivity index (χ0) is 15.1. The van der Waals surface area contributed by atoms with E-state index in [-0.39, 0.29) is 11.5 Å². The average Bonchev–Trinajstić information content (AvgIpc) is 3.29. The third-order valence-corrected chi connectivity index (χ3v) is 4.89. The lowest BCUT2D eigenvalue weighted by atomic mass is 10.2. The summed E-state index contributed by atoms with van der Waals surface area (Å²) in [6.07, 6.45) is 5.02. The molecule has 114 valence electrons. The van der Waals surface area contributed by atoms with E-state index in [9.17, 15) is 8.42 Å². The van der Waals surface area contributed by atoms with Crippen LogP contribution in [-0.4, -0.2) is 26.7 Å². The SMILES string of the molecule is O=S(=O)(NCCCC1CC1)c1ccc(C#CCCO)cc1. The second kappa shape index (κ2) is 7.60. The quantitative estimate of drug-likeness (QED) is 0.597. The monoisotopic (exact) mass is 307 g/mol. The summed E-state index contributed by atoms with van der Waals surface area (Å²) in [6, 6.07) is 6.49. The number of hydrogen-bond acceptors (Lipinski definition) is 3. The van der Waals surface area contributed by atoms with Crippen LogP contribution in [0.4, 0.5) is 0 Å². The summed E-state index contributed by atoms with van der Waals surface area (Å²) in [5.41, 5.74) is 0.746. The fourth-order valence-electron chi connectivity index (χ4n) is 2.03. The molecule has 5 heteroatoms. The molecule has 0 spiro atoms. The van der Waals surface area contributed by atoms with Gasteiger partial charge in [0.15, 0.2) is 0 Å². The van der Waals surface area contributed by atoms with Gasteiger partial charge in [-0.15, -0.1) is 0 Å². The van der Waals surface area contributed by atoms with Gasteiger partial charge in [-0.3, -0.25) is 0 Å². The highest BCUT2D eigenvalue weighted by atomic mass is 32.2. The molecule has 0 bridgehead atoms. The molecule has 1 aromatic rings. The molecule has 0 aromatic heterocycles. The molecule has 2 N–H and O–H groups in total. The van der Waals surface area contributed by atoms with Crippen molar-refractivity contribution in [1.29, 1.82) is 0 Å². The molecular weight excluding hydrogens is 286 g/mol. The van der Waals surface area contributed by atoms with Crippen LogP contribution in [0, 0.1) is 17.8 Å².